The first-order chi connectivity index (χ1) is 28.5. The zero-order chi connectivity index (χ0) is 38.6. The van der Waals surface area contributed by atoms with E-state index in [1.54, 1.807) is 0 Å². The molecule has 2 heteroatoms. The Morgan fingerprint density at radius 1 is 0.414 bits per heavy atom. The van der Waals surface area contributed by atoms with Crippen molar-refractivity contribution < 1.29 is 4.42 Å². The first kappa shape index (κ1) is 33.0. The van der Waals surface area contributed by atoms with Crippen LogP contribution < -0.4 is 4.90 Å². The summed E-state index contributed by atoms with van der Waals surface area (Å²) in [6.45, 7) is 4.74. The summed E-state index contributed by atoms with van der Waals surface area (Å²) in [4.78, 5) is 2.39. The molecule has 0 aliphatic heterocycles. The maximum atomic E-state index is 7.08. The van der Waals surface area contributed by atoms with Crippen LogP contribution in [0.5, 0.6) is 0 Å². The van der Waals surface area contributed by atoms with Crippen molar-refractivity contribution in [3.05, 3.63) is 234 Å². The highest BCUT2D eigenvalue weighted by atomic mass is 16.3. The fourth-order valence-electron chi connectivity index (χ4n) is 10.7. The molecule has 0 radical (unpaired) electrons. The van der Waals surface area contributed by atoms with Gasteiger partial charge in [-0.25, -0.2) is 0 Å². The monoisotopic (exact) mass is 741 g/mol. The van der Waals surface area contributed by atoms with Crippen LogP contribution in [0.25, 0.3) is 55.0 Å². The summed E-state index contributed by atoms with van der Waals surface area (Å²) < 4.78 is 7.08. The Morgan fingerprint density at radius 3 is 1.69 bits per heavy atom. The highest BCUT2D eigenvalue weighted by Crippen LogP contribution is 2.59. The number of furan rings is 1. The van der Waals surface area contributed by atoms with Gasteiger partial charge in [-0.1, -0.05) is 172 Å². The summed E-state index contributed by atoms with van der Waals surface area (Å²) in [6.07, 6.45) is 0. The molecule has 12 rings (SSSR count). The average Bonchev–Trinajstić information content (AvgIpc) is 3.88. The van der Waals surface area contributed by atoms with E-state index in [9.17, 15) is 0 Å². The largest absolute Gasteiger partial charge is 0.455 e. The molecule has 0 saturated carbocycles. The molecule has 274 valence electrons. The van der Waals surface area contributed by atoms with Gasteiger partial charge in [0.1, 0.15) is 11.2 Å². The van der Waals surface area contributed by atoms with Gasteiger partial charge in [-0.3, -0.25) is 0 Å². The zero-order valence-electron chi connectivity index (χ0n) is 32.4. The number of nitrogens with zero attached hydrogens (tertiary/aromatic N) is 1. The number of para-hydroxylation sites is 1. The van der Waals surface area contributed by atoms with Gasteiger partial charge in [0.05, 0.1) is 5.41 Å². The van der Waals surface area contributed by atoms with E-state index in [1.165, 1.54) is 66.4 Å². The number of benzene rings is 9. The fourth-order valence-corrected chi connectivity index (χ4v) is 10.7. The summed E-state index contributed by atoms with van der Waals surface area (Å²) in [5.74, 6) is 0. The highest BCUT2D eigenvalue weighted by molar-refractivity contribution is 6.23. The molecule has 0 spiro atoms. The van der Waals surface area contributed by atoms with Crippen molar-refractivity contribution in [1.82, 2.24) is 0 Å². The minimum absolute atomic E-state index is 0.189. The van der Waals surface area contributed by atoms with Crippen LogP contribution in [0.1, 0.15) is 47.2 Å². The topological polar surface area (TPSA) is 16.4 Å². The van der Waals surface area contributed by atoms with Crippen LogP contribution in [0.15, 0.2) is 205 Å². The van der Waals surface area contributed by atoms with Gasteiger partial charge in [-0.2, -0.15) is 0 Å². The van der Waals surface area contributed by atoms with Crippen LogP contribution in [0.2, 0.25) is 0 Å². The summed E-state index contributed by atoms with van der Waals surface area (Å²) in [5.41, 5.74) is 17.4. The Morgan fingerprint density at radius 2 is 0.966 bits per heavy atom. The van der Waals surface area contributed by atoms with E-state index in [1.807, 2.05) is 0 Å². The highest BCUT2D eigenvalue weighted by Gasteiger charge is 2.46. The van der Waals surface area contributed by atoms with Crippen LogP contribution >= 0.6 is 0 Å². The summed E-state index contributed by atoms with van der Waals surface area (Å²) >= 11 is 0. The van der Waals surface area contributed by atoms with Crippen LogP contribution in [-0.4, -0.2) is 0 Å². The van der Waals surface area contributed by atoms with Crippen molar-refractivity contribution >= 4 is 49.8 Å². The van der Waals surface area contributed by atoms with Crippen molar-refractivity contribution in [2.45, 2.75) is 24.7 Å². The van der Waals surface area contributed by atoms with Gasteiger partial charge in [0.15, 0.2) is 0 Å². The third-order valence-electron chi connectivity index (χ3n) is 13.1. The lowest BCUT2D eigenvalue weighted by Gasteiger charge is -2.35. The summed E-state index contributed by atoms with van der Waals surface area (Å²) in [5, 5.41) is 4.75. The maximum Gasteiger partial charge on any atom is 0.143 e. The molecule has 58 heavy (non-hydrogen) atoms. The SMILES string of the molecule is CC1(C)c2ccccc2-c2c1c1c3ccc(N(c4ccccc4)c4ccc5c(c4)C(c4ccccc4)(c4ccccc4)c4ccccc4-5)cc3oc1c1ccccc21. The molecular weight excluding hydrogens is 703 g/mol. The van der Waals surface area contributed by atoms with Crippen LogP contribution in [0.3, 0.4) is 0 Å². The molecule has 10 aromatic rings. The van der Waals surface area contributed by atoms with E-state index < -0.39 is 5.41 Å². The van der Waals surface area contributed by atoms with Crippen molar-refractivity contribution in [3.8, 4) is 22.3 Å². The predicted molar refractivity (Wildman–Crippen MR) is 241 cm³/mol. The second kappa shape index (κ2) is 12.2. The fraction of sp³-hybridized carbons (Fsp3) is 0.0714. The van der Waals surface area contributed by atoms with Crippen molar-refractivity contribution in [2.75, 3.05) is 4.90 Å². The zero-order valence-corrected chi connectivity index (χ0v) is 32.4. The molecule has 2 aliphatic carbocycles. The molecule has 1 heterocycles. The standard InChI is InChI=1S/C56H39NO/c1-55(2)47-28-16-15-27-45(47)51-43-25-12-13-26-44(43)54-52(53(51)55)46-33-31-40(35-50(46)58-54)57(38-22-10-5-11-23-38)39-30-32-42-41-24-14-17-29-48(41)56(49(42)34-39,36-18-6-3-7-19-36)37-20-8-4-9-21-37/h3-35H,1-2H3. The molecule has 0 N–H and O–H groups in total. The smallest absolute Gasteiger partial charge is 0.143 e. The van der Waals surface area contributed by atoms with Crippen LogP contribution in [0.4, 0.5) is 17.1 Å². The van der Waals surface area contributed by atoms with Crippen LogP contribution in [0, 0.1) is 0 Å². The number of anilines is 3. The lowest BCUT2D eigenvalue weighted by atomic mass is 9.67. The number of fused-ring (bicyclic) bond motifs is 13. The maximum absolute atomic E-state index is 7.08. The molecule has 0 unspecified atom stereocenters. The van der Waals surface area contributed by atoms with Crippen molar-refractivity contribution in [3.63, 3.8) is 0 Å². The van der Waals surface area contributed by atoms with E-state index >= 15 is 0 Å². The molecule has 0 saturated heterocycles. The first-order valence-corrected chi connectivity index (χ1v) is 20.3. The molecule has 9 aromatic carbocycles. The lowest BCUT2D eigenvalue weighted by molar-refractivity contribution is 0.659. The molecule has 0 atom stereocenters. The second-order valence-electron chi connectivity index (χ2n) is 16.4. The van der Waals surface area contributed by atoms with Gasteiger partial charge in [0.25, 0.3) is 0 Å². The third-order valence-corrected chi connectivity index (χ3v) is 13.1. The average molecular weight is 742 g/mol. The van der Waals surface area contributed by atoms with Gasteiger partial charge < -0.3 is 9.32 Å². The van der Waals surface area contributed by atoms with Gasteiger partial charge in [0, 0.05) is 44.7 Å². The number of rotatable bonds is 5. The summed E-state index contributed by atoms with van der Waals surface area (Å²) in [7, 11) is 0. The Balaban J connectivity index is 1.11. The van der Waals surface area contributed by atoms with E-state index in [-0.39, 0.29) is 5.41 Å². The third kappa shape index (κ3) is 4.38. The Kier molecular flexibility index (Phi) is 6.93. The lowest BCUT2D eigenvalue weighted by Crippen LogP contribution is -2.28. The molecule has 0 bridgehead atoms. The predicted octanol–water partition coefficient (Wildman–Crippen LogP) is 14.9. The Labute approximate surface area is 338 Å². The normalized spacial score (nSPS) is 14.3. The van der Waals surface area contributed by atoms with E-state index in [4.69, 9.17) is 4.42 Å². The molecule has 1 aromatic heterocycles. The van der Waals surface area contributed by atoms with Gasteiger partial charge in [-0.05, 0) is 97.4 Å². The van der Waals surface area contributed by atoms with E-state index in [0.29, 0.717) is 0 Å². The van der Waals surface area contributed by atoms with E-state index in [0.717, 1.165) is 39.0 Å². The second-order valence-corrected chi connectivity index (χ2v) is 16.4. The van der Waals surface area contributed by atoms with E-state index in [2.05, 4.69) is 219 Å². The summed E-state index contributed by atoms with van der Waals surface area (Å²) in [6, 6.07) is 73.3. The molecule has 2 nitrogen and oxygen atoms in total. The minimum Gasteiger partial charge on any atom is -0.455 e. The van der Waals surface area contributed by atoms with Gasteiger partial charge in [0.2, 0.25) is 0 Å². The minimum atomic E-state index is -0.499. The number of hydrogen-bond acceptors (Lipinski definition) is 2. The first-order valence-electron chi connectivity index (χ1n) is 20.3. The molecule has 2 aliphatic rings. The Hall–Kier alpha value is -7.16. The Bertz CT molecular complexity index is 3210. The van der Waals surface area contributed by atoms with Crippen molar-refractivity contribution in [1.29, 1.82) is 0 Å². The van der Waals surface area contributed by atoms with Gasteiger partial charge in [-0.15, -0.1) is 0 Å². The molecule has 0 amide bonds. The van der Waals surface area contributed by atoms with Crippen molar-refractivity contribution in [2.24, 2.45) is 0 Å². The van der Waals surface area contributed by atoms with Crippen LogP contribution in [-0.2, 0) is 10.8 Å². The number of hydrogen-bond donors (Lipinski definition) is 0. The quantitative estimate of drug-likeness (QED) is 0.175. The van der Waals surface area contributed by atoms with Gasteiger partial charge >= 0.3 is 0 Å². The molecule has 0 fully saturated rings. The molecular formula is C56H39NO.